The van der Waals surface area contributed by atoms with Crippen LogP contribution in [0.4, 0.5) is 0 Å². The Balaban J connectivity index is 1.90. The Kier molecular flexibility index (Phi) is 2.77. The number of esters is 1. The van der Waals surface area contributed by atoms with Gasteiger partial charge in [0.1, 0.15) is 0 Å². The van der Waals surface area contributed by atoms with Gasteiger partial charge in [0.05, 0.1) is 12.5 Å². The van der Waals surface area contributed by atoms with E-state index in [1.807, 2.05) is 6.92 Å². The molecule has 14 heavy (non-hydrogen) atoms. The standard InChI is InChI=1S/C11H19NO2/c1-2-14-10(13)9-4-7-12-11(8-9)5-3-6-11/h9,12H,2-8H2,1H3. The minimum atomic E-state index is 0.0141. The van der Waals surface area contributed by atoms with Crippen LogP contribution in [-0.4, -0.2) is 24.7 Å². The average molecular weight is 197 g/mol. The van der Waals surface area contributed by atoms with Gasteiger partial charge in [0.25, 0.3) is 0 Å². The van der Waals surface area contributed by atoms with Gasteiger partial charge in [0.15, 0.2) is 0 Å². The van der Waals surface area contributed by atoms with E-state index >= 15 is 0 Å². The van der Waals surface area contributed by atoms with Crippen LogP contribution in [0.2, 0.25) is 0 Å². The van der Waals surface area contributed by atoms with E-state index in [2.05, 4.69) is 5.32 Å². The molecule has 0 radical (unpaired) electrons. The summed E-state index contributed by atoms with van der Waals surface area (Å²) in [6, 6.07) is 0. The van der Waals surface area contributed by atoms with Crippen molar-refractivity contribution in [2.24, 2.45) is 5.92 Å². The number of carbonyl (C=O) groups excluding carboxylic acids is 1. The highest BCUT2D eigenvalue weighted by molar-refractivity contribution is 5.72. The first-order valence-corrected chi connectivity index (χ1v) is 5.67. The maximum Gasteiger partial charge on any atom is 0.309 e. The van der Waals surface area contributed by atoms with Gasteiger partial charge < -0.3 is 10.1 Å². The second kappa shape index (κ2) is 3.89. The first kappa shape index (κ1) is 9.97. The van der Waals surface area contributed by atoms with E-state index < -0.39 is 0 Å². The monoisotopic (exact) mass is 197 g/mol. The van der Waals surface area contributed by atoms with Crippen molar-refractivity contribution in [3.63, 3.8) is 0 Å². The van der Waals surface area contributed by atoms with Crippen LogP contribution >= 0.6 is 0 Å². The molecule has 1 saturated carbocycles. The van der Waals surface area contributed by atoms with Gasteiger partial charge in [0.2, 0.25) is 0 Å². The molecule has 3 nitrogen and oxygen atoms in total. The molecule has 0 aromatic carbocycles. The van der Waals surface area contributed by atoms with Crippen molar-refractivity contribution in [3.8, 4) is 0 Å². The Hall–Kier alpha value is -0.570. The third-order valence-electron chi connectivity index (χ3n) is 3.56. The first-order chi connectivity index (χ1) is 6.76. The smallest absolute Gasteiger partial charge is 0.309 e. The molecule has 1 spiro atoms. The highest BCUT2D eigenvalue weighted by atomic mass is 16.5. The van der Waals surface area contributed by atoms with E-state index in [0.717, 1.165) is 19.4 Å². The lowest BCUT2D eigenvalue weighted by atomic mass is 9.68. The summed E-state index contributed by atoms with van der Waals surface area (Å²) in [6.45, 7) is 3.36. The molecule has 3 heteroatoms. The van der Waals surface area contributed by atoms with Gasteiger partial charge in [-0.1, -0.05) is 0 Å². The van der Waals surface area contributed by atoms with Gasteiger partial charge >= 0.3 is 5.97 Å². The van der Waals surface area contributed by atoms with Gasteiger partial charge in [-0.15, -0.1) is 0 Å². The third kappa shape index (κ3) is 1.78. The summed E-state index contributed by atoms with van der Waals surface area (Å²) in [5, 5.41) is 3.55. The van der Waals surface area contributed by atoms with Crippen molar-refractivity contribution in [2.45, 2.75) is 44.6 Å². The molecule has 2 rings (SSSR count). The molecule has 1 N–H and O–H groups in total. The van der Waals surface area contributed by atoms with Crippen LogP contribution in [0.25, 0.3) is 0 Å². The van der Waals surface area contributed by atoms with Crippen LogP contribution < -0.4 is 5.32 Å². The summed E-state index contributed by atoms with van der Waals surface area (Å²) in [5.41, 5.74) is 0.301. The molecule has 1 atom stereocenters. The molecule has 2 aliphatic rings. The van der Waals surface area contributed by atoms with Gasteiger partial charge in [-0.3, -0.25) is 4.79 Å². The Labute approximate surface area is 85.2 Å². The minimum absolute atomic E-state index is 0.0141. The lowest BCUT2D eigenvalue weighted by Gasteiger charge is -2.47. The molecular formula is C11H19NO2. The normalized spacial score (nSPS) is 29.6. The van der Waals surface area contributed by atoms with Crippen molar-refractivity contribution in [1.82, 2.24) is 5.32 Å². The summed E-state index contributed by atoms with van der Waals surface area (Å²) in [4.78, 5) is 11.6. The molecule has 0 bridgehead atoms. The maximum absolute atomic E-state index is 11.6. The number of carbonyl (C=O) groups is 1. The Bertz CT molecular complexity index is 223. The largest absolute Gasteiger partial charge is 0.466 e. The number of rotatable bonds is 2. The van der Waals surface area contributed by atoms with Crippen molar-refractivity contribution in [2.75, 3.05) is 13.2 Å². The Morgan fingerprint density at radius 2 is 2.36 bits per heavy atom. The Morgan fingerprint density at radius 3 is 2.93 bits per heavy atom. The zero-order valence-corrected chi connectivity index (χ0v) is 8.84. The molecule has 0 aromatic rings. The molecule has 2 fully saturated rings. The molecule has 1 aliphatic carbocycles. The fourth-order valence-electron chi connectivity index (χ4n) is 2.60. The zero-order chi connectivity index (χ0) is 10.0. The summed E-state index contributed by atoms with van der Waals surface area (Å²) in [7, 11) is 0. The van der Waals surface area contributed by atoms with E-state index in [1.54, 1.807) is 0 Å². The fourth-order valence-corrected chi connectivity index (χ4v) is 2.60. The van der Waals surface area contributed by atoms with E-state index in [4.69, 9.17) is 4.74 Å². The van der Waals surface area contributed by atoms with Gasteiger partial charge in [-0.2, -0.15) is 0 Å². The summed E-state index contributed by atoms with van der Waals surface area (Å²) in [5.74, 6) is 0.164. The van der Waals surface area contributed by atoms with Crippen LogP contribution in [-0.2, 0) is 9.53 Å². The van der Waals surface area contributed by atoms with Gasteiger partial charge in [-0.05, 0) is 45.6 Å². The molecule has 1 saturated heterocycles. The van der Waals surface area contributed by atoms with Crippen LogP contribution in [0.5, 0.6) is 0 Å². The summed E-state index contributed by atoms with van der Waals surface area (Å²) in [6.07, 6.45) is 5.72. The molecule has 1 heterocycles. The molecule has 1 unspecified atom stereocenters. The van der Waals surface area contributed by atoms with Crippen LogP contribution in [0.3, 0.4) is 0 Å². The van der Waals surface area contributed by atoms with Crippen LogP contribution in [0.1, 0.15) is 39.0 Å². The van der Waals surface area contributed by atoms with Crippen LogP contribution in [0.15, 0.2) is 0 Å². The van der Waals surface area contributed by atoms with Gasteiger partial charge in [0, 0.05) is 5.54 Å². The molecule has 0 aromatic heterocycles. The first-order valence-electron chi connectivity index (χ1n) is 5.67. The predicted molar refractivity (Wildman–Crippen MR) is 53.9 cm³/mol. The number of ether oxygens (including phenoxy) is 1. The molecule has 1 aliphatic heterocycles. The number of piperidine rings is 1. The second-order valence-electron chi connectivity index (χ2n) is 4.50. The summed E-state index contributed by atoms with van der Waals surface area (Å²) >= 11 is 0. The Morgan fingerprint density at radius 1 is 1.57 bits per heavy atom. The fraction of sp³-hybridized carbons (Fsp3) is 0.909. The zero-order valence-electron chi connectivity index (χ0n) is 8.84. The molecule has 80 valence electrons. The van der Waals surface area contributed by atoms with E-state index in [9.17, 15) is 4.79 Å². The minimum Gasteiger partial charge on any atom is -0.466 e. The van der Waals surface area contributed by atoms with Gasteiger partial charge in [-0.25, -0.2) is 0 Å². The highest BCUT2D eigenvalue weighted by Gasteiger charge is 2.43. The van der Waals surface area contributed by atoms with Crippen molar-refractivity contribution < 1.29 is 9.53 Å². The predicted octanol–water partition coefficient (Wildman–Crippen LogP) is 1.47. The van der Waals surface area contributed by atoms with Crippen molar-refractivity contribution in [1.29, 1.82) is 0 Å². The maximum atomic E-state index is 11.6. The van der Waals surface area contributed by atoms with Crippen molar-refractivity contribution in [3.05, 3.63) is 0 Å². The molecule has 0 amide bonds. The lowest BCUT2D eigenvalue weighted by Crippen LogP contribution is -2.56. The third-order valence-corrected chi connectivity index (χ3v) is 3.56. The number of hydrogen-bond acceptors (Lipinski definition) is 3. The van der Waals surface area contributed by atoms with E-state index in [0.29, 0.717) is 12.1 Å². The number of nitrogens with one attached hydrogen (secondary N) is 1. The van der Waals surface area contributed by atoms with E-state index in [-0.39, 0.29) is 11.9 Å². The van der Waals surface area contributed by atoms with Crippen molar-refractivity contribution >= 4 is 5.97 Å². The molecular weight excluding hydrogens is 178 g/mol. The van der Waals surface area contributed by atoms with Crippen LogP contribution in [0, 0.1) is 5.92 Å². The van der Waals surface area contributed by atoms with E-state index in [1.165, 1.54) is 19.3 Å². The number of hydrogen-bond donors (Lipinski definition) is 1. The quantitative estimate of drug-likeness (QED) is 0.681. The average Bonchev–Trinajstić information content (AvgIpc) is 2.16. The topological polar surface area (TPSA) is 38.3 Å². The highest BCUT2D eigenvalue weighted by Crippen LogP contribution is 2.40. The summed E-state index contributed by atoms with van der Waals surface area (Å²) < 4.78 is 5.08. The lowest BCUT2D eigenvalue weighted by molar-refractivity contribution is -0.150. The second-order valence-corrected chi connectivity index (χ2v) is 4.50. The SMILES string of the molecule is CCOC(=O)C1CCNC2(CCC2)C1.